The summed E-state index contributed by atoms with van der Waals surface area (Å²) >= 11 is 0. The number of amides is 1. The second-order valence-electron chi connectivity index (χ2n) is 6.37. The number of rotatable bonds is 5. The predicted molar refractivity (Wildman–Crippen MR) is 106 cm³/mol. The van der Waals surface area contributed by atoms with Crippen LogP contribution in [-0.2, 0) is 0 Å². The number of benzene rings is 2. The smallest absolute Gasteiger partial charge is 0.283 e. The zero-order valence-electron chi connectivity index (χ0n) is 15.4. The van der Waals surface area contributed by atoms with Gasteiger partial charge in [0.1, 0.15) is 0 Å². The van der Waals surface area contributed by atoms with Gasteiger partial charge in [0.2, 0.25) is 5.89 Å². The first-order chi connectivity index (χ1) is 13.6. The van der Waals surface area contributed by atoms with Gasteiger partial charge in [-0.15, -0.1) is 10.2 Å². The molecule has 0 radical (unpaired) electrons. The van der Waals surface area contributed by atoms with Gasteiger partial charge in [-0.05, 0) is 54.6 Å². The van der Waals surface area contributed by atoms with Crippen LogP contribution in [0, 0.1) is 0 Å². The minimum atomic E-state index is -0.191. The molecular weight excluding hydrogens is 356 g/mol. The molecule has 0 aliphatic heterocycles. The average molecular weight is 374 g/mol. The number of aromatic nitrogens is 2. The van der Waals surface area contributed by atoms with Crippen LogP contribution in [0.1, 0.15) is 10.4 Å². The zero-order chi connectivity index (χ0) is 19.5. The Morgan fingerprint density at radius 3 is 2.46 bits per heavy atom. The minimum absolute atomic E-state index is 0.191. The Morgan fingerprint density at radius 1 is 0.964 bits per heavy atom. The molecule has 0 spiro atoms. The Kier molecular flexibility index (Phi) is 4.63. The summed E-state index contributed by atoms with van der Waals surface area (Å²) in [6, 6.07) is 18.1. The van der Waals surface area contributed by atoms with E-state index in [1.54, 1.807) is 42.7 Å². The van der Waals surface area contributed by atoms with E-state index in [-0.39, 0.29) is 5.91 Å². The van der Waals surface area contributed by atoms with E-state index in [0.29, 0.717) is 34.4 Å². The molecule has 140 valence electrons. The highest BCUT2D eigenvalue weighted by Crippen LogP contribution is 2.26. The van der Waals surface area contributed by atoms with Crippen LogP contribution in [0.15, 0.2) is 75.8 Å². The maximum Gasteiger partial charge on any atom is 0.283 e. The van der Waals surface area contributed by atoms with Crippen LogP contribution in [0.4, 0.5) is 11.4 Å². The van der Waals surface area contributed by atoms with Crippen molar-refractivity contribution in [2.45, 2.75) is 0 Å². The summed E-state index contributed by atoms with van der Waals surface area (Å²) < 4.78 is 10.9. The summed E-state index contributed by atoms with van der Waals surface area (Å²) in [6.45, 7) is 0. The lowest BCUT2D eigenvalue weighted by Crippen LogP contribution is -2.13. The second kappa shape index (κ2) is 7.40. The van der Waals surface area contributed by atoms with Crippen molar-refractivity contribution in [2.75, 3.05) is 24.3 Å². The van der Waals surface area contributed by atoms with Crippen molar-refractivity contribution in [1.29, 1.82) is 0 Å². The van der Waals surface area contributed by atoms with Crippen LogP contribution in [0.2, 0.25) is 0 Å². The van der Waals surface area contributed by atoms with Gasteiger partial charge in [0, 0.05) is 36.6 Å². The number of carbonyl (C=O) groups is 1. The molecule has 0 aliphatic rings. The molecule has 0 fully saturated rings. The molecule has 0 aliphatic carbocycles. The second-order valence-corrected chi connectivity index (χ2v) is 6.37. The Balaban J connectivity index is 1.51. The fourth-order valence-electron chi connectivity index (χ4n) is 2.68. The SMILES string of the molecule is CN(C)c1ccc(C(=O)Nc2cccc(-c3nnc(-c4ccco4)o3)c2)cc1. The Morgan fingerprint density at radius 2 is 1.75 bits per heavy atom. The van der Waals surface area contributed by atoms with E-state index in [1.807, 2.05) is 43.3 Å². The number of hydrogen-bond acceptors (Lipinski definition) is 6. The highest BCUT2D eigenvalue weighted by molar-refractivity contribution is 6.04. The molecule has 1 N–H and O–H groups in total. The number of nitrogens with zero attached hydrogens (tertiary/aromatic N) is 3. The molecule has 7 nitrogen and oxygen atoms in total. The third-order valence-electron chi connectivity index (χ3n) is 4.17. The van der Waals surface area contributed by atoms with Crippen LogP contribution in [-0.4, -0.2) is 30.2 Å². The van der Waals surface area contributed by atoms with E-state index < -0.39 is 0 Å². The number of carbonyl (C=O) groups excluding carboxylic acids is 1. The van der Waals surface area contributed by atoms with E-state index >= 15 is 0 Å². The summed E-state index contributed by atoms with van der Waals surface area (Å²) in [5.74, 6) is 0.960. The van der Waals surface area contributed by atoms with E-state index in [2.05, 4.69) is 15.5 Å². The largest absolute Gasteiger partial charge is 0.459 e. The van der Waals surface area contributed by atoms with Crippen LogP contribution in [0.5, 0.6) is 0 Å². The van der Waals surface area contributed by atoms with Gasteiger partial charge in [-0.25, -0.2) is 0 Å². The maximum absolute atomic E-state index is 12.5. The maximum atomic E-state index is 12.5. The molecule has 28 heavy (non-hydrogen) atoms. The zero-order valence-corrected chi connectivity index (χ0v) is 15.4. The fourth-order valence-corrected chi connectivity index (χ4v) is 2.68. The molecule has 2 aromatic carbocycles. The van der Waals surface area contributed by atoms with Gasteiger partial charge in [-0.3, -0.25) is 4.79 Å². The van der Waals surface area contributed by atoms with Gasteiger partial charge < -0.3 is 19.1 Å². The van der Waals surface area contributed by atoms with Gasteiger partial charge in [0.25, 0.3) is 11.8 Å². The lowest BCUT2D eigenvalue weighted by molar-refractivity contribution is 0.102. The molecule has 1 amide bonds. The molecule has 0 atom stereocenters. The summed E-state index contributed by atoms with van der Waals surface area (Å²) in [5.41, 5.74) is 2.94. The highest BCUT2D eigenvalue weighted by Gasteiger charge is 2.13. The van der Waals surface area contributed by atoms with Gasteiger partial charge in [0.05, 0.1) is 6.26 Å². The van der Waals surface area contributed by atoms with Crippen molar-refractivity contribution < 1.29 is 13.6 Å². The van der Waals surface area contributed by atoms with Crippen LogP contribution < -0.4 is 10.2 Å². The van der Waals surface area contributed by atoms with Gasteiger partial charge >= 0.3 is 0 Å². The third-order valence-corrected chi connectivity index (χ3v) is 4.17. The molecule has 7 heteroatoms. The van der Waals surface area contributed by atoms with Gasteiger partial charge in [0.15, 0.2) is 5.76 Å². The topological polar surface area (TPSA) is 84.4 Å². The normalized spacial score (nSPS) is 10.6. The standard InChI is InChI=1S/C21H18N4O3/c1-25(2)17-10-8-14(9-11-17)19(26)22-16-6-3-5-15(13-16)20-23-24-21(28-20)18-7-4-12-27-18/h3-13H,1-2H3,(H,22,26). The molecule has 4 aromatic rings. The lowest BCUT2D eigenvalue weighted by Gasteiger charge is -2.12. The summed E-state index contributed by atoms with van der Waals surface area (Å²) in [5, 5.41) is 10.9. The summed E-state index contributed by atoms with van der Waals surface area (Å²) in [7, 11) is 3.91. The van der Waals surface area contributed by atoms with Crippen molar-refractivity contribution in [3.05, 3.63) is 72.5 Å². The molecule has 2 aromatic heterocycles. The third kappa shape index (κ3) is 3.64. The van der Waals surface area contributed by atoms with Crippen LogP contribution >= 0.6 is 0 Å². The highest BCUT2D eigenvalue weighted by atomic mass is 16.4. The Bertz CT molecular complexity index is 1080. The number of anilines is 2. The summed E-state index contributed by atoms with van der Waals surface area (Å²) in [6.07, 6.45) is 1.54. The van der Waals surface area contributed by atoms with Gasteiger partial charge in [-0.1, -0.05) is 6.07 Å². The predicted octanol–water partition coefficient (Wildman–Crippen LogP) is 4.31. The van der Waals surface area contributed by atoms with Crippen LogP contribution in [0.3, 0.4) is 0 Å². The van der Waals surface area contributed by atoms with Crippen molar-refractivity contribution in [3.63, 3.8) is 0 Å². The van der Waals surface area contributed by atoms with Crippen molar-refractivity contribution in [3.8, 4) is 23.1 Å². The van der Waals surface area contributed by atoms with E-state index in [4.69, 9.17) is 8.83 Å². The molecule has 4 rings (SSSR count). The lowest BCUT2D eigenvalue weighted by atomic mass is 10.1. The van der Waals surface area contributed by atoms with E-state index in [1.165, 1.54) is 0 Å². The molecule has 0 saturated heterocycles. The molecular formula is C21H18N4O3. The van der Waals surface area contributed by atoms with Gasteiger partial charge in [-0.2, -0.15) is 0 Å². The molecule has 0 unspecified atom stereocenters. The van der Waals surface area contributed by atoms with Crippen molar-refractivity contribution >= 4 is 17.3 Å². The number of furan rings is 1. The van der Waals surface area contributed by atoms with Crippen molar-refractivity contribution in [2.24, 2.45) is 0 Å². The quantitative estimate of drug-likeness (QED) is 0.560. The average Bonchev–Trinajstić information content (AvgIpc) is 3.40. The molecule has 0 bridgehead atoms. The summed E-state index contributed by atoms with van der Waals surface area (Å²) in [4.78, 5) is 14.5. The first-order valence-corrected chi connectivity index (χ1v) is 8.67. The minimum Gasteiger partial charge on any atom is -0.459 e. The number of nitrogens with one attached hydrogen (secondary N) is 1. The van der Waals surface area contributed by atoms with Crippen molar-refractivity contribution in [1.82, 2.24) is 10.2 Å². The molecule has 0 saturated carbocycles. The number of hydrogen-bond donors (Lipinski definition) is 1. The monoisotopic (exact) mass is 374 g/mol. The van der Waals surface area contributed by atoms with Crippen LogP contribution in [0.25, 0.3) is 23.1 Å². The van der Waals surface area contributed by atoms with E-state index in [9.17, 15) is 4.79 Å². The molecule has 2 heterocycles. The Hall–Kier alpha value is -3.87. The van der Waals surface area contributed by atoms with E-state index in [0.717, 1.165) is 5.69 Å². The first-order valence-electron chi connectivity index (χ1n) is 8.67. The Labute approximate surface area is 161 Å². The first kappa shape index (κ1) is 17.5. The fraction of sp³-hybridized carbons (Fsp3) is 0.0952.